The van der Waals surface area contributed by atoms with Crippen molar-refractivity contribution in [3.63, 3.8) is 0 Å². The van der Waals surface area contributed by atoms with Crippen molar-refractivity contribution in [2.45, 2.75) is 46.0 Å². The van der Waals surface area contributed by atoms with Gasteiger partial charge in [0.1, 0.15) is 0 Å². The molecule has 1 aliphatic heterocycles. The maximum Gasteiger partial charge on any atom is 0.225 e. The Morgan fingerprint density at radius 1 is 1.07 bits per heavy atom. The molecule has 0 aromatic rings. The van der Waals surface area contributed by atoms with Gasteiger partial charge in [-0.25, -0.2) is 0 Å². The summed E-state index contributed by atoms with van der Waals surface area (Å²) in [5, 5.41) is 0. The molecule has 2 heteroatoms. The number of carbonyl (C=O) groups is 1. The summed E-state index contributed by atoms with van der Waals surface area (Å²) >= 11 is 0. The van der Waals surface area contributed by atoms with Gasteiger partial charge in [-0.1, -0.05) is 26.7 Å². The molecule has 2 fully saturated rings. The van der Waals surface area contributed by atoms with Gasteiger partial charge in [0.2, 0.25) is 5.91 Å². The molecule has 1 amide bonds. The molecule has 0 radical (unpaired) electrons. The summed E-state index contributed by atoms with van der Waals surface area (Å²) in [6, 6.07) is 0. The highest BCUT2D eigenvalue weighted by Gasteiger charge is 2.31. The van der Waals surface area contributed by atoms with E-state index in [9.17, 15) is 4.79 Å². The lowest BCUT2D eigenvalue weighted by Gasteiger charge is -2.36. The molecule has 0 bridgehead atoms. The molecule has 1 saturated carbocycles. The van der Waals surface area contributed by atoms with Gasteiger partial charge < -0.3 is 4.90 Å². The molecule has 0 N–H and O–H groups in total. The van der Waals surface area contributed by atoms with E-state index in [1.165, 1.54) is 19.3 Å². The van der Waals surface area contributed by atoms with Crippen LogP contribution in [0.25, 0.3) is 0 Å². The Kier molecular flexibility index (Phi) is 3.32. The smallest absolute Gasteiger partial charge is 0.225 e. The largest absolute Gasteiger partial charge is 0.342 e. The molecule has 0 aromatic carbocycles. The highest BCUT2D eigenvalue weighted by molar-refractivity contribution is 5.79. The lowest BCUT2D eigenvalue weighted by Crippen LogP contribution is -2.44. The van der Waals surface area contributed by atoms with Crippen LogP contribution in [0.2, 0.25) is 0 Å². The fourth-order valence-electron chi connectivity index (χ4n) is 3.27. The molecule has 2 nitrogen and oxygen atoms in total. The van der Waals surface area contributed by atoms with E-state index in [1.807, 2.05) is 0 Å². The van der Waals surface area contributed by atoms with Gasteiger partial charge in [-0.2, -0.15) is 0 Å². The third-order valence-corrected chi connectivity index (χ3v) is 3.88. The van der Waals surface area contributed by atoms with Crippen LogP contribution in [0, 0.1) is 17.8 Å². The molecular weight excluding hydrogens is 186 g/mol. The Bertz CT molecular complexity index is 223. The van der Waals surface area contributed by atoms with E-state index in [4.69, 9.17) is 0 Å². The lowest BCUT2D eigenvalue weighted by atomic mass is 9.91. The zero-order chi connectivity index (χ0) is 10.8. The van der Waals surface area contributed by atoms with Crippen LogP contribution in [0.5, 0.6) is 0 Å². The standard InChI is InChI=1S/C13H23NO/c1-10-7-11(2)9-14(8-10)13(15)12-5-3-4-6-12/h10-12H,3-9H2,1-2H3/t10-,11-/m0/s1. The second kappa shape index (κ2) is 4.54. The van der Waals surface area contributed by atoms with Crippen LogP contribution >= 0.6 is 0 Å². The molecular formula is C13H23NO. The summed E-state index contributed by atoms with van der Waals surface area (Å²) in [4.78, 5) is 14.4. The maximum absolute atomic E-state index is 12.2. The fourth-order valence-corrected chi connectivity index (χ4v) is 3.27. The van der Waals surface area contributed by atoms with Gasteiger partial charge in [0.15, 0.2) is 0 Å². The van der Waals surface area contributed by atoms with E-state index >= 15 is 0 Å². The van der Waals surface area contributed by atoms with E-state index in [1.54, 1.807) is 0 Å². The van der Waals surface area contributed by atoms with Crippen LogP contribution < -0.4 is 0 Å². The molecule has 86 valence electrons. The van der Waals surface area contributed by atoms with Gasteiger partial charge in [-0.05, 0) is 31.1 Å². The Labute approximate surface area is 93.0 Å². The summed E-state index contributed by atoms with van der Waals surface area (Å²) in [6.45, 7) is 6.54. The lowest BCUT2D eigenvalue weighted by molar-refractivity contribution is -0.138. The Morgan fingerprint density at radius 3 is 2.13 bits per heavy atom. The summed E-state index contributed by atoms with van der Waals surface area (Å²) in [7, 11) is 0. The van der Waals surface area contributed by atoms with E-state index in [2.05, 4.69) is 18.7 Å². The maximum atomic E-state index is 12.2. The molecule has 0 unspecified atom stereocenters. The molecule has 2 rings (SSSR count). The number of carbonyl (C=O) groups excluding carboxylic acids is 1. The minimum atomic E-state index is 0.363. The number of piperidine rings is 1. The molecule has 2 aliphatic rings. The fraction of sp³-hybridized carbons (Fsp3) is 0.923. The van der Waals surface area contributed by atoms with Crippen molar-refractivity contribution in [2.24, 2.45) is 17.8 Å². The van der Waals surface area contributed by atoms with Crippen LogP contribution in [0.15, 0.2) is 0 Å². The van der Waals surface area contributed by atoms with Crippen molar-refractivity contribution in [1.82, 2.24) is 4.90 Å². The molecule has 1 aliphatic carbocycles. The normalized spacial score (nSPS) is 33.3. The van der Waals surface area contributed by atoms with E-state index < -0.39 is 0 Å². The summed E-state index contributed by atoms with van der Waals surface area (Å²) in [5.41, 5.74) is 0. The number of hydrogen-bond acceptors (Lipinski definition) is 1. The van der Waals surface area contributed by atoms with E-state index in [0.717, 1.165) is 25.9 Å². The summed E-state index contributed by atoms with van der Waals surface area (Å²) in [6.07, 6.45) is 6.08. The molecule has 15 heavy (non-hydrogen) atoms. The van der Waals surface area contributed by atoms with Crippen LogP contribution in [-0.2, 0) is 4.79 Å². The summed E-state index contributed by atoms with van der Waals surface area (Å²) in [5.74, 6) is 2.20. The topological polar surface area (TPSA) is 20.3 Å². The summed E-state index contributed by atoms with van der Waals surface area (Å²) < 4.78 is 0. The van der Waals surface area contributed by atoms with Gasteiger partial charge >= 0.3 is 0 Å². The quantitative estimate of drug-likeness (QED) is 0.650. The monoisotopic (exact) mass is 209 g/mol. The molecule has 0 aromatic heterocycles. The SMILES string of the molecule is C[C@H]1C[C@H](C)CN(C(=O)C2CCCC2)C1. The first-order valence-corrected chi connectivity index (χ1v) is 6.45. The molecule has 1 saturated heterocycles. The van der Waals surface area contributed by atoms with Gasteiger partial charge in [0, 0.05) is 19.0 Å². The third-order valence-electron chi connectivity index (χ3n) is 3.88. The Hall–Kier alpha value is -0.530. The zero-order valence-electron chi connectivity index (χ0n) is 10.0. The van der Waals surface area contributed by atoms with Gasteiger partial charge in [-0.15, -0.1) is 0 Å². The van der Waals surface area contributed by atoms with Crippen molar-refractivity contribution >= 4 is 5.91 Å². The van der Waals surface area contributed by atoms with Crippen LogP contribution in [0.3, 0.4) is 0 Å². The predicted octanol–water partition coefficient (Wildman–Crippen LogP) is 2.68. The van der Waals surface area contributed by atoms with Gasteiger partial charge in [0.25, 0.3) is 0 Å². The first kappa shape index (κ1) is 11.0. The second-order valence-electron chi connectivity index (χ2n) is 5.67. The second-order valence-corrected chi connectivity index (χ2v) is 5.67. The Morgan fingerprint density at radius 2 is 1.60 bits per heavy atom. The number of likely N-dealkylation sites (tertiary alicyclic amines) is 1. The molecule has 0 spiro atoms. The minimum Gasteiger partial charge on any atom is -0.342 e. The van der Waals surface area contributed by atoms with Crippen molar-refractivity contribution in [3.8, 4) is 0 Å². The minimum absolute atomic E-state index is 0.363. The number of amides is 1. The first-order chi connectivity index (χ1) is 7.16. The van der Waals surface area contributed by atoms with Gasteiger partial charge in [0.05, 0.1) is 0 Å². The zero-order valence-corrected chi connectivity index (χ0v) is 10.0. The predicted molar refractivity (Wildman–Crippen MR) is 61.5 cm³/mol. The molecule has 2 atom stereocenters. The van der Waals surface area contributed by atoms with Crippen LogP contribution in [-0.4, -0.2) is 23.9 Å². The van der Waals surface area contributed by atoms with Gasteiger partial charge in [-0.3, -0.25) is 4.79 Å². The highest BCUT2D eigenvalue weighted by atomic mass is 16.2. The first-order valence-electron chi connectivity index (χ1n) is 6.45. The van der Waals surface area contributed by atoms with Crippen molar-refractivity contribution in [3.05, 3.63) is 0 Å². The van der Waals surface area contributed by atoms with Crippen molar-refractivity contribution in [2.75, 3.05) is 13.1 Å². The number of nitrogens with zero attached hydrogens (tertiary/aromatic N) is 1. The van der Waals surface area contributed by atoms with Crippen molar-refractivity contribution < 1.29 is 4.79 Å². The van der Waals surface area contributed by atoms with E-state index in [0.29, 0.717) is 23.7 Å². The highest BCUT2D eigenvalue weighted by Crippen LogP contribution is 2.29. The Balaban J connectivity index is 1.93. The number of rotatable bonds is 1. The molecule has 1 heterocycles. The third kappa shape index (κ3) is 2.53. The average molecular weight is 209 g/mol. The number of hydrogen-bond donors (Lipinski definition) is 0. The average Bonchev–Trinajstić information content (AvgIpc) is 2.67. The van der Waals surface area contributed by atoms with Crippen LogP contribution in [0.1, 0.15) is 46.0 Å². The van der Waals surface area contributed by atoms with E-state index in [-0.39, 0.29) is 0 Å². The van der Waals surface area contributed by atoms with Crippen LogP contribution in [0.4, 0.5) is 0 Å². The van der Waals surface area contributed by atoms with Crippen molar-refractivity contribution in [1.29, 1.82) is 0 Å².